The van der Waals surface area contributed by atoms with Crippen LogP contribution in [-0.4, -0.2) is 10.5 Å². The van der Waals surface area contributed by atoms with Crippen molar-refractivity contribution in [3.63, 3.8) is 0 Å². The standard InChI is InChI=1S/C18H17FN2O/c1-12-16(15-5-3-4-6-17(15)21(12)2)11-18(22)20-14-9-7-13(19)8-10-14/h3-10H,11H2,1-2H3,(H,20,22). The van der Waals surface area contributed by atoms with Crippen molar-refractivity contribution >= 4 is 22.5 Å². The number of nitrogens with zero attached hydrogens (tertiary/aromatic N) is 1. The number of rotatable bonds is 3. The van der Waals surface area contributed by atoms with E-state index >= 15 is 0 Å². The highest BCUT2D eigenvalue weighted by molar-refractivity contribution is 5.96. The molecule has 0 atom stereocenters. The molecule has 1 amide bonds. The summed E-state index contributed by atoms with van der Waals surface area (Å²) in [6.07, 6.45) is 0.296. The Labute approximate surface area is 128 Å². The maximum Gasteiger partial charge on any atom is 0.228 e. The first-order valence-corrected chi connectivity index (χ1v) is 7.14. The van der Waals surface area contributed by atoms with Gasteiger partial charge in [-0.3, -0.25) is 4.79 Å². The van der Waals surface area contributed by atoms with Gasteiger partial charge in [-0.05, 0) is 42.8 Å². The van der Waals surface area contributed by atoms with Crippen molar-refractivity contribution in [3.8, 4) is 0 Å². The van der Waals surface area contributed by atoms with Gasteiger partial charge in [0.15, 0.2) is 0 Å². The number of nitrogens with one attached hydrogen (secondary N) is 1. The van der Waals surface area contributed by atoms with Gasteiger partial charge in [0.1, 0.15) is 5.82 Å². The molecule has 22 heavy (non-hydrogen) atoms. The second-order valence-electron chi connectivity index (χ2n) is 5.37. The van der Waals surface area contributed by atoms with Gasteiger partial charge in [0, 0.05) is 29.3 Å². The van der Waals surface area contributed by atoms with Crippen molar-refractivity contribution in [2.45, 2.75) is 13.3 Å². The molecule has 0 aliphatic rings. The van der Waals surface area contributed by atoms with Crippen molar-refractivity contribution < 1.29 is 9.18 Å². The highest BCUT2D eigenvalue weighted by Gasteiger charge is 2.14. The van der Waals surface area contributed by atoms with Gasteiger partial charge in [-0.25, -0.2) is 4.39 Å². The first-order valence-electron chi connectivity index (χ1n) is 7.14. The van der Waals surface area contributed by atoms with Crippen molar-refractivity contribution in [1.29, 1.82) is 0 Å². The van der Waals surface area contributed by atoms with Gasteiger partial charge in [0.25, 0.3) is 0 Å². The first kappa shape index (κ1) is 14.3. The number of hydrogen-bond donors (Lipinski definition) is 1. The van der Waals surface area contributed by atoms with Crippen molar-refractivity contribution in [2.75, 3.05) is 5.32 Å². The van der Waals surface area contributed by atoms with E-state index in [1.54, 1.807) is 12.1 Å². The number of hydrogen-bond acceptors (Lipinski definition) is 1. The molecule has 4 heteroatoms. The van der Waals surface area contributed by atoms with E-state index < -0.39 is 0 Å². The van der Waals surface area contributed by atoms with E-state index in [1.807, 2.05) is 38.2 Å². The SMILES string of the molecule is Cc1c(CC(=O)Nc2ccc(F)cc2)c2ccccc2n1C. The van der Waals surface area contributed by atoms with Gasteiger partial charge in [-0.2, -0.15) is 0 Å². The van der Waals surface area contributed by atoms with E-state index in [2.05, 4.69) is 9.88 Å². The molecule has 3 nitrogen and oxygen atoms in total. The van der Waals surface area contributed by atoms with Crippen molar-refractivity contribution in [3.05, 3.63) is 65.6 Å². The number of amides is 1. The Kier molecular flexibility index (Phi) is 3.67. The van der Waals surface area contributed by atoms with E-state index in [0.29, 0.717) is 12.1 Å². The Morgan fingerprint density at radius 3 is 2.55 bits per heavy atom. The molecule has 1 aromatic heterocycles. The van der Waals surface area contributed by atoms with E-state index in [4.69, 9.17) is 0 Å². The summed E-state index contributed by atoms with van der Waals surface area (Å²) in [5, 5.41) is 3.90. The fraction of sp³-hybridized carbons (Fsp3) is 0.167. The van der Waals surface area contributed by atoms with Gasteiger partial charge in [-0.15, -0.1) is 0 Å². The van der Waals surface area contributed by atoms with Gasteiger partial charge in [0.2, 0.25) is 5.91 Å². The zero-order valence-corrected chi connectivity index (χ0v) is 12.6. The van der Waals surface area contributed by atoms with Crippen LogP contribution in [0.2, 0.25) is 0 Å². The normalized spacial score (nSPS) is 10.9. The number of aryl methyl sites for hydroxylation is 1. The minimum Gasteiger partial charge on any atom is -0.348 e. The molecule has 0 aliphatic carbocycles. The third-order valence-corrected chi connectivity index (χ3v) is 4.00. The average molecular weight is 296 g/mol. The van der Waals surface area contributed by atoms with Crippen LogP contribution in [0, 0.1) is 12.7 Å². The van der Waals surface area contributed by atoms with E-state index in [0.717, 1.165) is 22.2 Å². The minimum atomic E-state index is -0.317. The number of benzene rings is 2. The van der Waals surface area contributed by atoms with Crippen LogP contribution >= 0.6 is 0 Å². The van der Waals surface area contributed by atoms with Crippen LogP contribution in [0.5, 0.6) is 0 Å². The number of carbonyl (C=O) groups is 1. The van der Waals surface area contributed by atoms with Gasteiger partial charge < -0.3 is 9.88 Å². The molecule has 1 heterocycles. The first-order chi connectivity index (χ1) is 10.6. The lowest BCUT2D eigenvalue weighted by atomic mass is 10.1. The molecular formula is C18H17FN2O. The maximum absolute atomic E-state index is 12.9. The molecular weight excluding hydrogens is 279 g/mol. The third-order valence-electron chi connectivity index (χ3n) is 4.00. The van der Waals surface area contributed by atoms with Gasteiger partial charge in [0.05, 0.1) is 6.42 Å². The Morgan fingerprint density at radius 1 is 1.14 bits per heavy atom. The lowest BCUT2D eigenvalue weighted by Crippen LogP contribution is -2.15. The molecule has 3 aromatic rings. The third kappa shape index (κ3) is 2.60. The number of para-hydroxylation sites is 1. The number of carbonyl (C=O) groups excluding carboxylic acids is 1. The molecule has 0 spiro atoms. The average Bonchev–Trinajstić information content (AvgIpc) is 2.75. The molecule has 0 aliphatic heterocycles. The molecule has 2 aromatic carbocycles. The molecule has 0 saturated carbocycles. The van der Waals surface area contributed by atoms with Crippen LogP contribution < -0.4 is 5.32 Å². The van der Waals surface area contributed by atoms with Crippen LogP contribution in [0.1, 0.15) is 11.3 Å². The molecule has 0 bridgehead atoms. The molecule has 0 unspecified atom stereocenters. The van der Waals surface area contributed by atoms with Crippen LogP contribution in [-0.2, 0) is 18.3 Å². The van der Waals surface area contributed by atoms with E-state index in [9.17, 15) is 9.18 Å². The monoisotopic (exact) mass is 296 g/mol. The lowest BCUT2D eigenvalue weighted by molar-refractivity contribution is -0.115. The zero-order valence-electron chi connectivity index (χ0n) is 12.6. The number of anilines is 1. The zero-order chi connectivity index (χ0) is 15.7. The molecule has 112 valence electrons. The topological polar surface area (TPSA) is 34.0 Å². The summed E-state index contributed by atoms with van der Waals surface area (Å²) in [6.45, 7) is 2.01. The minimum absolute atomic E-state index is 0.105. The van der Waals surface area contributed by atoms with Gasteiger partial charge in [-0.1, -0.05) is 18.2 Å². The summed E-state index contributed by atoms with van der Waals surface area (Å²) in [4.78, 5) is 12.3. The summed E-state index contributed by atoms with van der Waals surface area (Å²) < 4.78 is 15.0. The predicted molar refractivity (Wildman–Crippen MR) is 86.4 cm³/mol. The fourth-order valence-corrected chi connectivity index (χ4v) is 2.72. The Morgan fingerprint density at radius 2 is 1.82 bits per heavy atom. The summed E-state index contributed by atoms with van der Waals surface area (Å²) in [7, 11) is 2.00. The quantitative estimate of drug-likeness (QED) is 0.783. The van der Waals surface area contributed by atoms with Crippen molar-refractivity contribution in [1.82, 2.24) is 4.57 Å². The number of fused-ring (bicyclic) bond motifs is 1. The summed E-state index contributed by atoms with van der Waals surface area (Å²) >= 11 is 0. The molecule has 0 saturated heterocycles. The molecule has 1 N–H and O–H groups in total. The second kappa shape index (κ2) is 5.64. The molecule has 0 fully saturated rings. The van der Waals surface area contributed by atoms with Crippen LogP contribution in [0.4, 0.5) is 10.1 Å². The van der Waals surface area contributed by atoms with Crippen LogP contribution in [0.25, 0.3) is 10.9 Å². The predicted octanol–water partition coefficient (Wildman–Crippen LogP) is 3.81. The van der Waals surface area contributed by atoms with Crippen LogP contribution in [0.15, 0.2) is 48.5 Å². The van der Waals surface area contributed by atoms with E-state index in [1.165, 1.54) is 12.1 Å². The van der Waals surface area contributed by atoms with Gasteiger partial charge >= 0.3 is 0 Å². The van der Waals surface area contributed by atoms with Crippen molar-refractivity contribution in [2.24, 2.45) is 7.05 Å². The summed E-state index contributed by atoms with van der Waals surface area (Å²) in [5.41, 5.74) is 3.82. The summed E-state index contributed by atoms with van der Waals surface area (Å²) in [5.74, 6) is -0.422. The Hall–Kier alpha value is -2.62. The molecule has 3 rings (SSSR count). The second-order valence-corrected chi connectivity index (χ2v) is 5.37. The molecule has 0 radical (unpaired) electrons. The smallest absolute Gasteiger partial charge is 0.228 e. The highest BCUT2D eigenvalue weighted by Crippen LogP contribution is 2.25. The highest BCUT2D eigenvalue weighted by atomic mass is 19.1. The van der Waals surface area contributed by atoms with E-state index in [-0.39, 0.29) is 11.7 Å². The lowest BCUT2D eigenvalue weighted by Gasteiger charge is -2.06. The number of halogens is 1. The maximum atomic E-state index is 12.9. The fourth-order valence-electron chi connectivity index (χ4n) is 2.72. The Bertz CT molecular complexity index is 834. The van der Waals surface area contributed by atoms with Crippen LogP contribution in [0.3, 0.4) is 0 Å². The Balaban J connectivity index is 1.85. The largest absolute Gasteiger partial charge is 0.348 e. The summed E-state index contributed by atoms with van der Waals surface area (Å²) in [6, 6.07) is 13.8. The number of aromatic nitrogens is 1.